The predicted molar refractivity (Wildman–Crippen MR) is 101 cm³/mol. The van der Waals surface area contributed by atoms with Crippen molar-refractivity contribution in [1.82, 2.24) is 19.2 Å². The molecule has 0 radical (unpaired) electrons. The second-order valence-corrected chi connectivity index (χ2v) is 6.53. The minimum absolute atomic E-state index is 0.00477. The van der Waals surface area contributed by atoms with E-state index in [1.54, 1.807) is 35.7 Å². The highest BCUT2D eigenvalue weighted by molar-refractivity contribution is 5.80. The lowest BCUT2D eigenvalue weighted by molar-refractivity contribution is -0.153. The van der Waals surface area contributed by atoms with Crippen LogP contribution >= 0.6 is 0 Å². The van der Waals surface area contributed by atoms with Crippen LogP contribution < -0.4 is 15.6 Å². The molecule has 0 aliphatic rings. The second-order valence-electron chi connectivity index (χ2n) is 6.53. The number of nitrogens with one attached hydrogen (secondary N) is 1. The molecule has 0 aliphatic carbocycles. The lowest BCUT2D eigenvalue weighted by Gasteiger charge is -2.14. The zero-order chi connectivity index (χ0) is 21.5. The Bertz CT molecular complexity index is 1300. The average Bonchev–Trinajstić information content (AvgIpc) is 3.13. The molecule has 0 amide bonds. The molecule has 2 heterocycles. The second kappa shape index (κ2) is 7.32. The quantitative estimate of drug-likeness (QED) is 0.501. The van der Waals surface area contributed by atoms with Gasteiger partial charge in [0, 0.05) is 13.1 Å². The van der Waals surface area contributed by atoms with Gasteiger partial charge in [0.2, 0.25) is 5.78 Å². The van der Waals surface area contributed by atoms with Crippen molar-refractivity contribution in [1.29, 1.82) is 0 Å². The molecule has 0 spiro atoms. The van der Waals surface area contributed by atoms with Crippen LogP contribution in [0.1, 0.15) is 5.82 Å². The monoisotopic (exact) mass is 421 g/mol. The van der Waals surface area contributed by atoms with Crippen molar-refractivity contribution >= 4 is 22.4 Å². The average molecular weight is 421 g/mol. The number of hydrogen-bond donors (Lipinski definition) is 1. The van der Waals surface area contributed by atoms with E-state index < -0.39 is 18.6 Å². The van der Waals surface area contributed by atoms with Crippen molar-refractivity contribution in [3.8, 4) is 5.75 Å². The first kappa shape index (κ1) is 19.7. The zero-order valence-corrected chi connectivity index (χ0v) is 15.6. The third kappa shape index (κ3) is 3.65. The van der Waals surface area contributed by atoms with Gasteiger partial charge in [0.15, 0.2) is 12.4 Å². The fraction of sp³-hybridized carbons (Fsp3) is 0.211. The van der Waals surface area contributed by atoms with E-state index in [1.807, 2.05) is 0 Å². The lowest BCUT2D eigenvalue weighted by Crippen LogP contribution is -2.21. The Morgan fingerprint density at radius 1 is 1.13 bits per heavy atom. The summed E-state index contributed by atoms with van der Waals surface area (Å²) < 4.78 is 58.9. The topological polar surface area (TPSA) is 73.5 Å². The molecule has 0 atom stereocenters. The number of anilines is 1. The minimum atomic E-state index is -4.53. The van der Waals surface area contributed by atoms with E-state index in [4.69, 9.17) is 4.74 Å². The molecule has 0 fully saturated rings. The first-order valence-corrected chi connectivity index (χ1v) is 8.79. The summed E-state index contributed by atoms with van der Waals surface area (Å²) in [5.41, 5.74) is 0.369. The summed E-state index contributed by atoms with van der Waals surface area (Å²) in [6.45, 7) is -1.51. The van der Waals surface area contributed by atoms with Crippen LogP contribution in [0.4, 0.5) is 23.2 Å². The van der Waals surface area contributed by atoms with Crippen LogP contribution in [0.25, 0.3) is 16.7 Å². The van der Waals surface area contributed by atoms with E-state index in [-0.39, 0.29) is 23.5 Å². The van der Waals surface area contributed by atoms with Crippen molar-refractivity contribution in [3.05, 3.63) is 64.5 Å². The largest absolute Gasteiger partial charge is 0.482 e. The Morgan fingerprint density at radius 3 is 2.67 bits per heavy atom. The number of rotatable bonds is 5. The fourth-order valence-electron chi connectivity index (χ4n) is 3.11. The van der Waals surface area contributed by atoms with E-state index in [0.717, 1.165) is 18.2 Å². The number of fused-ring (bicyclic) bond motifs is 3. The number of hydrogen-bond acceptors (Lipinski definition) is 5. The fourth-order valence-corrected chi connectivity index (χ4v) is 3.11. The van der Waals surface area contributed by atoms with Crippen molar-refractivity contribution in [2.45, 2.75) is 12.7 Å². The first-order chi connectivity index (χ1) is 14.2. The number of para-hydroxylation sites is 1. The molecule has 156 valence electrons. The van der Waals surface area contributed by atoms with E-state index in [9.17, 15) is 22.4 Å². The molecule has 7 nitrogen and oxygen atoms in total. The van der Waals surface area contributed by atoms with Crippen molar-refractivity contribution < 1.29 is 22.3 Å². The van der Waals surface area contributed by atoms with Crippen LogP contribution in [0.15, 0.2) is 47.3 Å². The normalized spacial score (nSPS) is 11.9. The Morgan fingerprint density at radius 2 is 1.90 bits per heavy atom. The molecule has 0 bridgehead atoms. The van der Waals surface area contributed by atoms with Gasteiger partial charge < -0.3 is 10.1 Å². The van der Waals surface area contributed by atoms with Crippen LogP contribution in [0.2, 0.25) is 0 Å². The van der Waals surface area contributed by atoms with Gasteiger partial charge in [-0.25, -0.2) is 4.39 Å². The maximum absolute atomic E-state index is 13.7. The number of benzene rings is 2. The molecule has 2 aromatic heterocycles. The van der Waals surface area contributed by atoms with Gasteiger partial charge >= 0.3 is 6.18 Å². The molecule has 1 N–H and O–H groups in total. The summed E-state index contributed by atoms with van der Waals surface area (Å²) in [5.74, 6) is -0.123. The lowest BCUT2D eigenvalue weighted by atomic mass is 10.2. The van der Waals surface area contributed by atoms with E-state index in [1.165, 1.54) is 4.57 Å². The Labute approximate surface area is 166 Å². The van der Waals surface area contributed by atoms with Gasteiger partial charge in [-0.05, 0) is 24.3 Å². The number of aryl methyl sites for hydroxylation is 1. The zero-order valence-electron chi connectivity index (χ0n) is 15.6. The SMILES string of the molecule is Cn1c(=O)c2ccccc2n2c(CNc3cc(F)ccc3OCC(F)(F)F)nnc12. The summed E-state index contributed by atoms with van der Waals surface area (Å²) in [6, 6.07) is 10.0. The molecule has 4 aromatic rings. The van der Waals surface area contributed by atoms with Crippen LogP contribution in [-0.4, -0.2) is 31.9 Å². The van der Waals surface area contributed by atoms with E-state index in [0.29, 0.717) is 22.5 Å². The van der Waals surface area contributed by atoms with Gasteiger partial charge in [-0.2, -0.15) is 13.2 Å². The molecule has 30 heavy (non-hydrogen) atoms. The maximum atomic E-state index is 13.7. The van der Waals surface area contributed by atoms with Crippen molar-refractivity contribution in [2.75, 3.05) is 11.9 Å². The molecule has 0 saturated carbocycles. The van der Waals surface area contributed by atoms with Gasteiger partial charge in [-0.1, -0.05) is 12.1 Å². The summed E-state index contributed by atoms with van der Waals surface area (Å²) in [4.78, 5) is 12.5. The van der Waals surface area contributed by atoms with Crippen molar-refractivity contribution in [3.63, 3.8) is 0 Å². The molecule has 11 heteroatoms. The van der Waals surface area contributed by atoms with Crippen molar-refractivity contribution in [2.24, 2.45) is 7.05 Å². The van der Waals surface area contributed by atoms with Gasteiger partial charge in [0.25, 0.3) is 5.56 Å². The number of ether oxygens (including phenoxy) is 1. The highest BCUT2D eigenvalue weighted by Crippen LogP contribution is 2.28. The third-order valence-electron chi connectivity index (χ3n) is 4.46. The minimum Gasteiger partial charge on any atom is -0.482 e. The Balaban J connectivity index is 1.70. The summed E-state index contributed by atoms with van der Waals surface area (Å²) in [6.07, 6.45) is -4.53. The first-order valence-electron chi connectivity index (χ1n) is 8.79. The number of alkyl halides is 3. The number of nitrogens with zero attached hydrogens (tertiary/aromatic N) is 4. The van der Waals surface area contributed by atoms with Gasteiger partial charge in [0.05, 0.1) is 23.1 Å². The summed E-state index contributed by atoms with van der Waals surface area (Å²) >= 11 is 0. The highest BCUT2D eigenvalue weighted by atomic mass is 19.4. The third-order valence-corrected chi connectivity index (χ3v) is 4.46. The van der Waals surface area contributed by atoms with Crippen LogP contribution in [0, 0.1) is 5.82 Å². The highest BCUT2D eigenvalue weighted by Gasteiger charge is 2.29. The molecule has 0 saturated heterocycles. The number of halogens is 4. The molecule has 4 rings (SSSR count). The smallest absolute Gasteiger partial charge is 0.422 e. The van der Waals surface area contributed by atoms with E-state index >= 15 is 0 Å². The number of aromatic nitrogens is 4. The molecular weight excluding hydrogens is 406 g/mol. The standard InChI is InChI=1S/C19H15F4N5O2/c1-27-17(29)12-4-2-3-5-14(12)28-16(25-26-18(27)28)9-24-13-8-11(20)6-7-15(13)30-10-19(21,22)23/h2-8,24H,9-10H2,1H3. The van der Waals surface area contributed by atoms with Gasteiger partial charge in [0.1, 0.15) is 11.6 Å². The molecular formula is C19H15F4N5O2. The molecule has 2 aromatic carbocycles. The van der Waals surface area contributed by atoms with Crippen LogP contribution in [0.5, 0.6) is 5.75 Å². The van der Waals surface area contributed by atoms with Crippen LogP contribution in [0.3, 0.4) is 0 Å². The van der Waals surface area contributed by atoms with Gasteiger partial charge in [-0.3, -0.25) is 13.8 Å². The predicted octanol–water partition coefficient (Wildman–Crippen LogP) is 3.27. The Hall–Kier alpha value is -3.63. The molecule has 0 unspecified atom stereocenters. The van der Waals surface area contributed by atoms with Crippen LogP contribution in [-0.2, 0) is 13.6 Å². The summed E-state index contributed by atoms with van der Waals surface area (Å²) in [7, 11) is 1.56. The van der Waals surface area contributed by atoms with E-state index in [2.05, 4.69) is 15.5 Å². The molecule has 0 aliphatic heterocycles. The Kier molecular flexibility index (Phi) is 4.80. The summed E-state index contributed by atoms with van der Waals surface area (Å²) in [5, 5.41) is 11.4. The maximum Gasteiger partial charge on any atom is 0.422 e. The van der Waals surface area contributed by atoms with Gasteiger partial charge in [-0.15, -0.1) is 10.2 Å².